The summed E-state index contributed by atoms with van der Waals surface area (Å²) >= 11 is 0. The first-order chi connectivity index (χ1) is 15.3. The third kappa shape index (κ3) is 8.12. The monoisotopic (exact) mass is 462 g/mol. The molecule has 2 rings (SSSR count). The minimum atomic E-state index is -1.44. The zero-order valence-corrected chi connectivity index (χ0v) is 18.3. The molecular formula is C22H26N2O7S. The van der Waals surface area contributed by atoms with Crippen molar-refractivity contribution in [3.8, 4) is 0 Å². The SMILES string of the molecule is C[C@@H](O)[C@H](NC(=O)OCc1ccccc1)C(=O)N[C@H](CC[S@@](=O)c1ccccc1)C(=O)O. The second-order valence-corrected chi connectivity index (χ2v) is 8.55. The van der Waals surface area contributed by atoms with Gasteiger partial charge >= 0.3 is 12.1 Å². The van der Waals surface area contributed by atoms with Crippen molar-refractivity contribution in [3.63, 3.8) is 0 Å². The Labute approximate surface area is 188 Å². The van der Waals surface area contributed by atoms with Crippen molar-refractivity contribution < 1.29 is 33.5 Å². The molecule has 0 aliphatic carbocycles. The van der Waals surface area contributed by atoms with Gasteiger partial charge in [0.25, 0.3) is 0 Å². The van der Waals surface area contributed by atoms with Crippen molar-refractivity contribution in [2.45, 2.75) is 43.0 Å². The van der Waals surface area contributed by atoms with E-state index in [1.165, 1.54) is 6.92 Å². The van der Waals surface area contributed by atoms with Gasteiger partial charge in [0.1, 0.15) is 18.7 Å². The quantitative estimate of drug-likeness (QED) is 0.396. The summed E-state index contributed by atoms with van der Waals surface area (Å²) in [5.41, 5.74) is 0.734. The zero-order valence-electron chi connectivity index (χ0n) is 17.5. The molecule has 2 aromatic carbocycles. The maximum atomic E-state index is 12.5. The van der Waals surface area contributed by atoms with Crippen LogP contribution < -0.4 is 10.6 Å². The van der Waals surface area contributed by atoms with E-state index in [0.717, 1.165) is 5.56 Å². The number of carbonyl (C=O) groups excluding carboxylic acids is 2. The highest BCUT2D eigenvalue weighted by Crippen LogP contribution is 2.09. The molecule has 2 amide bonds. The second kappa shape index (κ2) is 12.6. The molecule has 0 saturated carbocycles. The van der Waals surface area contributed by atoms with Crippen LogP contribution >= 0.6 is 0 Å². The van der Waals surface area contributed by atoms with Crippen LogP contribution in [0.1, 0.15) is 18.9 Å². The van der Waals surface area contributed by atoms with Crippen molar-refractivity contribution >= 4 is 28.8 Å². The van der Waals surface area contributed by atoms with Crippen molar-refractivity contribution in [2.75, 3.05) is 5.75 Å². The van der Waals surface area contributed by atoms with E-state index in [4.69, 9.17) is 4.74 Å². The van der Waals surface area contributed by atoms with E-state index < -0.39 is 47.0 Å². The lowest BCUT2D eigenvalue weighted by Gasteiger charge is -2.23. The highest BCUT2D eigenvalue weighted by atomic mass is 32.2. The third-order valence-corrected chi connectivity index (χ3v) is 5.87. The topological polar surface area (TPSA) is 142 Å². The highest BCUT2D eigenvalue weighted by Gasteiger charge is 2.30. The molecule has 0 aliphatic rings. The van der Waals surface area contributed by atoms with Crippen LogP contribution in [-0.4, -0.2) is 56.3 Å². The van der Waals surface area contributed by atoms with Crippen LogP contribution in [0.15, 0.2) is 65.6 Å². The van der Waals surface area contributed by atoms with E-state index in [2.05, 4.69) is 10.6 Å². The van der Waals surface area contributed by atoms with Crippen LogP contribution in [0.25, 0.3) is 0 Å². The molecule has 0 aromatic heterocycles. The summed E-state index contributed by atoms with van der Waals surface area (Å²) in [6.07, 6.45) is -2.35. The fourth-order valence-corrected chi connectivity index (χ4v) is 3.88. The molecule has 0 radical (unpaired) electrons. The van der Waals surface area contributed by atoms with E-state index in [1.54, 1.807) is 54.6 Å². The van der Waals surface area contributed by atoms with Crippen molar-refractivity contribution in [1.82, 2.24) is 10.6 Å². The summed E-state index contributed by atoms with van der Waals surface area (Å²) in [4.78, 5) is 36.7. The highest BCUT2D eigenvalue weighted by molar-refractivity contribution is 7.85. The predicted molar refractivity (Wildman–Crippen MR) is 117 cm³/mol. The number of amides is 2. The maximum absolute atomic E-state index is 12.5. The Morgan fingerprint density at radius 3 is 2.16 bits per heavy atom. The van der Waals surface area contributed by atoms with Crippen LogP contribution in [0.4, 0.5) is 4.79 Å². The van der Waals surface area contributed by atoms with Gasteiger partial charge in [0, 0.05) is 10.6 Å². The number of nitrogens with one attached hydrogen (secondary N) is 2. The number of carboxylic acid groups (broad SMARTS) is 1. The number of aliphatic carboxylic acids is 1. The zero-order chi connectivity index (χ0) is 23.5. The van der Waals surface area contributed by atoms with Crippen molar-refractivity contribution in [3.05, 3.63) is 66.2 Å². The molecule has 0 saturated heterocycles. The second-order valence-electron chi connectivity index (χ2n) is 6.98. The maximum Gasteiger partial charge on any atom is 0.408 e. The number of alkyl carbamates (subject to hydrolysis) is 1. The molecule has 0 fully saturated rings. The lowest BCUT2D eigenvalue weighted by Crippen LogP contribution is -2.56. The van der Waals surface area contributed by atoms with Gasteiger partial charge in [-0.1, -0.05) is 48.5 Å². The van der Waals surface area contributed by atoms with Gasteiger partial charge in [0.15, 0.2) is 0 Å². The van der Waals surface area contributed by atoms with Gasteiger partial charge in [-0.05, 0) is 31.0 Å². The lowest BCUT2D eigenvalue weighted by atomic mass is 10.1. The average Bonchev–Trinajstić information content (AvgIpc) is 2.79. The summed E-state index contributed by atoms with van der Waals surface area (Å²) in [6.45, 7) is 1.24. The first kappa shape index (κ1) is 25.0. The third-order valence-electron chi connectivity index (χ3n) is 4.46. The first-order valence-corrected chi connectivity index (χ1v) is 11.2. The Morgan fingerprint density at radius 2 is 1.59 bits per heavy atom. The average molecular weight is 463 g/mol. The van der Waals surface area contributed by atoms with Crippen LogP contribution in [0, 0.1) is 0 Å². The Hall–Kier alpha value is -3.24. The molecule has 0 unspecified atom stereocenters. The summed E-state index contributed by atoms with van der Waals surface area (Å²) < 4.78 is 17.4. The van der Waals surface area contributed by atoms with E-state index in [1.807, 2.05) is 6.07 Å². The van der Waals surface area contributed by atoms with E-state index >= 15 is 0 Å². The number of aliphatic hydroxyl groups excluding tert-OH is 1. The minimum Gasteiger partial charge on any atom is -0.480 e. The minimum absolute atomic E-state index is 0.00709. The first-order valence-electron chi connectivity index (χ1n) is 9.89. The van der Waals surface area contributed by atoms with Gasteiger partial charge in [-0.25, -0.2) is 9.59 Å². The van der Waals surface area contributed by atoms with Crippen molar-refractivity contribution in [2.24, 2.45) is 0 Å². The summed E-state index contributed by atoms with van der Waals surface area (Å²) in [5, 5.41) is 23.9. The molecule has 9 nitrogen and oxygen atoms in total. The number of hydrogen-bond donors (Lipinski definition) is 4. The number of rotatable bonds is 11. The summed E-state index contributed by atoms with van der Waals surface area (Å²) in [5.74, 6) is -2.21. The molecule has 2 aromatic rings. The number of hydrogen-bond acceptors (Lipinski definition) is 6. The number of carboxylic acids is 1. The fraction of sp³-hybridized carbons (Fsp3) is 0.318. The smallest absolute Gasteiger partial charge is 0.408 e. The Bertz CT molecular complexity index is 922. The number of ether oxygens (including phenoxy) is 1. The van der Waals surface area contributed by atoms with Crippen LogP contribution in [-0.2, 0) is 31.7 Å². The summed E-state index contributed by atoms with van der Waals surface area (Å²) in [7, 11) is -1.44. The predicted octanol–water partition coefficient (Wildman–Crippen LogP) is 1.43. The molecule has 0 aliphatic heterocycles. The van der Waals surface area contributed by atoms with Gasteiger partial charge in [-0.15, -0.1) is 0 Å². The van der Waals surface area contributed by atoms with Crippen LogP contribution in [0.2, 0.25) is 0 Å². The van der Waals surface area contributed by atoms with E-state index in [9.17, 15) is 28.8 Å². The Morgan fingerprint density at radius 1 is 1.00 bits per heavy atom. The Kier molecular flexibility index (Phi) is 9.83. The number of carbonyl (C=O) groups is 3. The van der Waals surface area contributed by atoms with Gasteiger partial charge in [-0.2, -0.15) is 0 Å². The fourth-order valence-electron chi connectivity index (χ4n) is 2.73. The molecule has 4 N–H and O–H groups in total. The standard InChI is InChI=1S/C22H26N2O7S/c1-15(25)19(24-22(29)31-14-16-8-4-2-5-9-16)20(26)23-18(21(27)28)12-13-32(30)17-10-6-3-7-11-17/h2-11,15,18-19,25H,12-14H2,1H3,(H,23,26)(H,24,29)(H,27,28)/t15-,18-,19+,32-/m1/s1. The van der Waals surface area contributed by atoms with Gasteiger partial charge < -0.3 is 25.6 Å². The van der Waals surface area contributed by atoms with E-state index in [-0.39, 0.29) is 18.8 Å². The molecule has 172 valence electrons. The molecule has 4 atom stereocenters. The number of benzene rings is 2. The molecule has 0 spiro atoms. The normalized spacial score (nSPS) is 14.4. The van der Waals surface area contributed by atoms with E-state index in [0.29, 0.717) is 4.90 Å². The molecule has 0 bridgehead atoms. The largest absolute Gasteiger partial charge is 0.480 e. The van der Waals surface area contributed by atoms with Gasteiger partial charge in [0.2, 0.25) is 5.91 Å². The molecular weight excluding hydrogens is 436 g/mol. The van der Waals surface area contributed by atoms with Gasteiger partial charge in [0.05, 0.1) is 16.9 Å². The molecule has 10 heteroatoms. The Balaban J connectivity index is 1.92. The summed E-state index contributed by atoms with van der Waals surface area (Å²) in [6, 6.07) is 14.6. The van der Waals surface area contributed by atoms with Crippen LogP contribution in [0.5, 0.6) is 0 Å². The van der Waals surface area contributed by atoms with Crippen molar-refractivity contribution in [1.29, 1.82) is 0 Å². The van der Waals surface area contributed by atoms with Crippen LogP contribution in [0.3, 0.4) is 0 Å². The van der Waals surface area contributed by atoms with Gasteiger partial charge in [-0.3, -0.25) is 9.00 Å². The lowest BCUT2D eigenvalue weighted by molar-refractivity contribution is -0.142. The molecule has 0 heterocycles. The molecule has 32 heavy (non-hydrogen) atoms. The number of aliphatic hydroxyl groups is 1.